The van der Waals surface area contributed by atoms with Crippen molar-refractivity contribution in [2.24, 2.45) is 0 Å². The lowest BCUT2D eigenvalue weighted by Gasteiger charge is -2.18. The number of hydrogen-bond acceptors (Lipinski definition) is 6. The van der Waals surface area contributed by atoms with Gasteiger partial charge < -0.3 is 4.57 Å². The predicted molar refractivity (Wildman–Crippen MR) is 125 cm³/mol. The van der Waals surface area contributed by atoms with E-state index in [0.717, 1.165) is 5.56 Å². The Hall–Kier alpha value is -2.13. The van der Waals surface area contributed by atoms with Crippen LogP contribution in [0, 0.1) is 0 Å². The molecule has 30 heavy (non-hydrogen) atoms. The fraction of sp³-hybridized carbons (Fsp3) is 0.200. The van der Waals surface area contributed by atoms with Crippen LogP contribution in [-0.4, -0.2) is 32.7 Å². The van der Waals surface area contributed by atoms with Gasteiger partial charge in [0.25, 0.3) is 5.56 Å². The minimum atomic E-state index is -0.330. The van der Waals surface area contributed by atoms with Crippen LogP contribution < -0.4 is 10.5 Å². The van der Waals surface area contributed by atoms with Gasteiger partial charge in [0, 0.05) is 36.3 Å². The largest absolute Gasteiger partial charge is 0.328 e. The summed E-state index contributed by atoms with van der Waals surface area (Å²) in [6, 6.07) is 6.68. The SMILES string of the molecule is C=CCN(C(=O)CSc1nc(=O)ccn1CC)c1nc(-c2ccc(Cl)c(Cl)c2)cs1. The summed E-state index contributed by atoms with van der Waals surface area (Å²) in [5.74, 6) is -0.0397. The maximum Gasteiger partial charge on any atom is 0.273 e. The number of amides is 1. The van der Waals surface area contributed by atoms with Gasteiger partial charge in [-0.2, -0.15) is 4.98 Å². The Kier molecular flexibility index (Phi) is 7.71. The van der Waals surface area contributed by atoms with Crippen molar-refractivity contribution in [2.45, 2.75) is 18.6 Å². The van der Waals surface area contributed by atoms with E-state index in [1.54, 1.807) is 29.3 Å². The summed E-state index contributed by atoms with van der Waals surface area (Å²) in [6.07, 6.45) is 3.32. The molecule has 0 saturated carbocycles. The molecule has 0 radical (unpaired) electrons. The first kappa shape index (κ1) is 22.6. The van der Waals surface area contributed by atoms with Gasteiger partial charge in [-0.15, -0.1) is 17.9 Å². The molecule has 0 bridgehead atoms. The van der Waals surface area contributed by atoms with Crippen molar-refractivity contribution in [2.75, 3.05) is 17.2 Å². The molecule has 2 aromatic heterocycles. The average Bonchev–Trinajstić information content (AvgIpc) is 3.22. The minimum absolute atomic E-state index is 0.117. The second-order valence-corrected chi connectivity index (χ2v) is 8.65. The molecule has 156 valence electrons. The Bertz CT molecular complexity index is 1130. The number of thiazole rings is 1. The average molecular weight is 481 g/mol. The van der Waals surface area contributed by atoms with E-state index < -0.39 is 0 Å². The number of aromatic nitrogens is 3. The highest BCUT2D eigenvalue weighted by Gasteiger charge is 2.20. The lowest BCUT2D eigenvalue weighted by Crippen LogP contribution is -2.32. The number of anilines is 1. The molecular formula is C20H18Cl2N4O2S2. The molecule has 6 nitrogen and oxygen atoms in total. The van der Waals surface area contributed by atoms with E-state index in [-0.39, 0.29) is 17.2 Å². The molecule has 0 aliphatic heterocycles. The summed E-state index contributed by atoms with van der Waals surface area (Å²) in [6.45, 7) is 6.65. The molecule has 3 aromatic rings. The summed E-state index contributed by atoms with van der Waals surface area (Å²) in [5, 5.41) is 3.83. The Morgan fingerprint density at radius 2 is 2.10 bits per heavy atom. The van der Waals surface area contributed by atoms with Crippen molar-refractivity contribution in [1.82, 2.24) is 14.5 Å². The van der Waals surface area contributed by atoms with Gasteiger partial charge in [0.15, 0.2) is 10.3 Å². The number of carbonyl (C=O) groups is 1. The fourth-order valence-electron chi connectivity index (χ4n) is 2.57. The van der Waals surface area contributed by atoms with Gasteiger partial charge in [0.2, 0.25) is 5.91 Å². The van der Waals surface area contributed by atoms with Gasteiger partial charge in [0.1, 0.15) is 0 Å². The zero-order valence-corrected chi connectivity index (χ0v) is 19.2. The molecule has 2 heterocycles. The van der Waals surface area contributed by atoms with Crippen molar-refractivity contribution in [3.8, 4) is 11.3 Å². The molecule has 1 aromatic carbocycles. The van der Waals surface area contributed by atoms with Crippen LogP contribution in [0.25, 0.3) is 11.3 Å². The third-order valence-electron chi connectivity index (χ3n) is 4.07. The fourth-order valence-corrected chi connectivity index (χ4v) is 4.64. The van der Waals surface area contributed by atoms with E-state index in [4.69, 9.17) is 23.2 Å². The Labute approximate surface area is 192 Å². The van der Waals surface area contributed by atoms with Crippen LogP contribution in [0.3, 0.4) is 0 Å². The third kappa shape index (κ3) is 5.31. The summed E-state index contributed by atoms with van der Waals surface area (Å²) in [7, 11) is 0. The number of rotatable bonds is 8. The summed E-state index contributed by atoms with van der Waals surface area (Å²) >= 11 is 14.7. The molecule has 0 fully saturated rings. The number of carbonyl (C=O) groups excluding carboxylic acids is 1. The molecule has 0 unspecified atom stereocenters. The molecule has 1 amide bonds. The van der Waals surface area contributed by atoms with E-state index in [1.165, 1.54) is 29.2 Å². The third-order valence-corrected chi connectivity index (χ3v) is 6.64. The van der Waals surface area contributed by atoms with Crippen molar-refractivity contribution in [3.63, 3.8) is 0 Å². The van der Waals surface area contributed by atoms with Gasteiger partial charge in [-0.1, -0.05) is 47.1 Å². The highest BCUT2D eigenvalue weighted by atomic mass is 35.5. The highest BCUT2D eigenvalue weighted by Crippen LogP contribution is 2.32. The number of aryl methyl sites for hydroxylation is 1. The van der Waals surface area contributed by atoms with Gasteiger partial charge in [0.05, 0.1) is 21.5 Å². The van der Waals surface area contributed by atoms with Crippen LogP contribution in [-0.2, 0) is 11.3 Å². The number of thioether (sulfide) groups is 1. The maximum atomic E-state index is 12.9. The minimum Gasteiger partial charge on any atom is -0.328 e. The lowest BCUT2D eigenvalue weighted by molar-refractivity contribution is -0.116. The van der Waals surface area contributed by atoms with E-state index in [2.05, 4.69) is 16.5 Å². The van der Waals surface area contributed by atoms with E-state index in [9.17, 15) is 9.59 Å². The van der Waals surface area contributed by atoms with Crippen LogP contribution in [0.5, 0.6) is 0 Å². The second-order valence-electron chi connectivity index (χ2n) is 6.06. The number of benzene rings is 1. The molecule has 10 heteroatoms. The quantitative estimate of drug-likeness (QED) is 0.257. The smallest absolute Gasteiger partial charge is 0.273 e. The van der Waals surface area contributed by atoms with Gasteiger partial charge >= 0.3 is 0 Å². The summed E-state index contributed by atoms with van der Waals surface area (Å²) in [5.41, 5.74) is 1.18. The van der Waals surface area contributed by atoms with Crippen LogP contribution >= 0.6 is 46.3 Å². The van der Waals surface area contributed by atoms with E-state index >= 15 is 0 Å². The van der Waals surface area contributed by atoms with Gasteiger partial charge in [-0.25, -0.2) is 4.98 Å². The van der Waals surface area contributed by atoms with Crippen molar-refractivity contribution >= 4 is 57.3 Å². The number of nitrogens with zero attached hydrogens (tertiary/aromatic N) is 4. The van der Waals surface area contributed by atoms with Crippen LogP contribution in [0.15, 0.2) is 58.4 Å². The monoisotopic (exact) mass is 480 g/mol. The van der Waals surface area contributed by atoms with Crippen LogP contribution in [0.1, 0.15) is 6.92 Å². The predicted octanol–water partition coefficient (Wildman–Crippen LogP) is 5.00. The first-order chi connectivity index (χ1) is 14.4. The molecule has 0 aliphatic carbocycles. The molecule has 0 spiro atoms. The number of hydrogen-bond donors (Lipinski definition) is 0. The second kappa shape index (κ2) is 10.3. The van der Waals surface area contributed by atoms with E-state index in [0.29, 0.717) is 39.1 Å². The zero-order chi connectivity index (χ0) is 21.7. The van der Waals surface area contributed by atoms with Gasteiger partial charge in [-0.3, -0.25) is 14.5 Å². The lowest BCUT2D eigenvalue weighted by atomic mass is 10.2. The molecule has 0 aliphatic rings. The normalized spacial score (nSPS) is 10.8. The first-order valence-electron chi connectivity index (χ1n) is 8.95. The first-order valence-corrected chi connectivity index (χ1v) is 11.6. The topological polar surface area (TPSA) is 68.1 Å². The Balaban J connectivity index is 1.79. The molecular weight excluding hydrogens is 463 g/mol. The zero-order valence-electron chi connectivity index (χ0n) is 16.0. The summed E-state index contributed by atoms with van der Waals surface area (Å²) < 4.78 is 1.82. The molecule has 0 saturated heterocycles. The maximum absolute atomic E-state index is 12.9. The molecule has 3 rings (SSSR count). The molecule has 0 atom stereocenters. The van der Waals surface area contributed by atoms with Gasteiger partial charge in [-0.05, 0) is 19.1 Å². The van der Waals surface area contributed by atoms with Crippen molar-refractivity contribution < 1.29 is 4.79 Å². The van der Waals surface area contributed by atoms with Crippen LogP contribution in [0.4, 0.5) is 5.13 Å². The Morgan fingerprint density at radius 3 is 2.80 bits per heavy atom. The number of halogens is 2. The molecule has 0 N–H and O–H groups in total. The van der Waals surface area contributed by atoms with Crippen molar-refractivity contribution in [3.05, 3.63) is 68.9 Å². The highest BCUT2D eigenvalue weighted by molar-refractivity contribution is 7.99. The van der Waals surface area contributed by atoms with E-state index in [1.807, 2.05) is 22.9 Å². The Morgan fingerprint density at radius 1 is 1.30 bits per heavy atom. The van der Waals surface area contributed by atoms with Crippen molar-refractivity contribution in [1.29, 1.82) is 0 Å². The van der Waals surface area contributed by atoms with Crippen LogP contribution in [0.2, 0.25) is 10.0 Å². The standard InChI is InChI=1S/C20H18Cl2N4O2S2/c1-3-8-26(18(28)12-30-19-24-17(27)7-9-25(19)4-2)20-23-16(11-29-20)13-5-6-14(21)15(22)10-13/h3,5-7,9-11H,1,4,8,12H2,2H3. The summed E-state index contributed by atoms with van der Waals surface area (Å²) in [4.78, 5) is 34.6.